The molecule has 0 aliphatic carbocycles. The number of aliphatic hydroxyl groups excluding tert-OH is 1. The highest BCUT2D eigenvalue weighted by atomic mass is 19.4. The fourth-order valence-electron chi connectivity index (χ4n) is 3.89. The van der Waals surface area contributed by atoms with Crippen LogP contribution in [0, 0.1) is 13.8 Å². The van der Waals surface area contributed by atoms with Crippen LogP contribution in [0.4, 0.5) is 24.7 Å². The summed E-state index contributed by atoms with van der Waals surface area (Å²) in [6, 6.07) is 12.6. The SMILES string of the molecule is Cc1ccc(Nc2ccc3c(c2)ncn3-c2ccc(C(C)O)c(-c3nn(CC(F)(F)F)nc3C)n2)nn1. The van der Waals surface area contributed by atoms with E-state index in [2.05, 4.69) is 35.7 Å². The zero-order valence-corrected chi connectivity index (χ0v) is 20.1. The average molecular weight is 509 g/mol. The van der Waals surface area contributed by atoms with Crippen LogP contribution in [0.2, 0.25) is 0 Å². The molecule has 1 aromatic carbocycles. The van der Waals surface area contributed by atoms with E-state index < -0.39 is 18.8 Å². The number of nitrogens with one attached hydrogen (secondary N) is 1. The van der Waals surface area contributed by atoms with Gasteiger partial charge < -0.3 is 10.4 Å². The summed E-state index contributed by atoms with van der Waals surface area (Å²) in [6.07, 6.45) is -3.80. The Morgan fingerprint density at radius 3 is 2.51 bits per heavy atom. The van der Waals surface area contributed by atoms with Gasteiger partial charge in [0.05, 0.1) is 28.5 Å². The molecule has 13 heteroatoms. The van der Waals surface area contributed by atoms with Crippen molar-refractivity contribution in [2.45, 2.75) is 39.6 Å². The minimum Gasteiger partial charge on any atom is -0.389 e. The van der Waals surface area contributed by atoms with Gasteiger partial charge in [-0.05, 0) is 57.2 Å². The molecule has 37 heavy (non-hydrogen) atoms. The van der Waals surface area contributed by atoms with Gasteiger partial charge in [0.2, 0.25) is 0 Å². The Kier molecular flexibility index (Phi) is 6.07. The van der Waals surface area contributed by atoms with Crippen LogP contribution in [-0.2, 0) is 6.54 Å². The summed E-state index contributed by atoms with van der Waals surface area (Å²) >= 11 is 0. The third kappa shape index (κ3) is 5.11. The number of pyridine rings is 1. The second kappa shape index (κ2) is 9.24. The molecule has 0 aliphatic rings. The van der Waals surface area contributed by atoms with Gasteiger partial charge in [0.1, 0.15) is 23.5 Å². The molecule has 0 fully saturated rings. The predicted molar refractivity (Wildman–Crippen MR) is 129 cm³/mol. The van der Waals surface area contributed by atoms with E-state index in [-0.39, 0.29) is 17.1 Å². The van der Waals surface area contributed by atoms with Crippen LogP contribution in [-0.4, -0.2) is 51.0 Å². The van der Waals surface area contributed by atoms with Crippen LogP contribution in [0.25, 0.3) is 28.2 Å². The van der Waals surface area contributed by atoms with Crippen molar-refractivity contribution in [1.29, 1.82) is 0 Å². The number of fused-ring (bicyclic) bond motifs is 1. The van der Waals surface area contributed by atoms with Gasteiger partial charge in [0.15, 0.2) is 12.4 Å². The minimum absolute atomic E-state index is 0.164. The van der Waals surface area contributed by atoms with Crippen molar-refractivity contribution in [3.63, 3.8) is 0 Å². The summed E-state index contributed by atoms with van der Waals surface area (Å²) in [7, 11) is 0. The Hall–Kier alpha value is -4.39. The lowest BCUT2D eigenvalue weighted by atomic mass is 10.1. The predicted octanol–water partition coefficient (Wildman–Crippen LogP) is 4.45. The number of alkyl halides is 3. The molecule has 0 saturated heterocycles. The Morgan fingerprint density at radius 1 is 1.00 bits per heavy atom. The number of halogens is 3. The Labute approximate surface area is 208 Å². The van der Waals surface area contributed by atoms with Crippen LogP contribution >= 0.6 is 0 Å². The number of hydrogen-bond donors (Lipinski definition) is 2. The number of aliphatic hydroxyl groups is 1. The highest BCUT2D eigenvalue weighted by Gasteiger charge is 2.30. The molecule has 1 atom stereocenters. The first kappa shape index (κ1) is 24.3. The largest absolute Gasteiger partial charge is 0.409 e. The molecule has 0 radical (unpaired) electrons. The number of imidazole rings is 1. The summed E-state index contributed by atoms with van der Waals surface area (Å²) in [5, 5.41) is 29.5. The van der Waals surface area contributed by atoms with Crippen molar-refractivity contribution in [3.05, 3.63) is 65.7 Å². The molecule has 2 N–H and O–H groups in total. The topological polar surface area (TPSA) is 119 Å². The number of rotatable bonds is 6. The maximum atomic E-state index is 12.9. The zero-order chi connectivity index (χ0) is 26.3. The smallest absolute Gasteiger partial charge is 0.389 e. The lowest BCUT2D eigenvalue weighted by molar-refractivity contribution is -0.144. The van der Waals surface area contributed by atoms with E-state index in [9.17, 15) is 18.3 Å². The maximum Gasteiger partial charge on any atom is 0.409 e. The van der Waals surface area contributed by atoms with Crippen LogP contribution in [0.3, 0.4) is 0 Å². The monoisotopic (exact) mass is 509 g/mol. The molecule has 4 aromatic heterocycles. The first-order valence-corrected chi connectivity index (χ1v) is 11.3. The average Bonchev–Trinajstić information content (AvgIpc) is 3.41. The van der Waals surface area contributed by atoms with Gasteiger partial charge in [-0.2, -0.15) is 33.3 Å². The van der Waals surface area contributed by atoms with E-state index in [1.165, 1.54) is 0 Å². The minimum atomic E-state index is -4.47. The molecule has 4 heterocycles. The molecule has 0 spiro atoms. The van der Waals surface area contributed by atoms with E-state index in [1.807, 2.05) is 37.3 Å². The van der Waals surface area contributed by atoms with Crippen molar-refractivity contribution in [2.24, 2.45) is 0 Å². The summed E-state index contributed by atoms with van der Waals surface area (Å²) in [4.78, 5) is 9.72. The van der Waals surface area contributed by atoms with Gasteiger partial charge in [-0.1, -0.05) is 6.07 Å². The molecule has 190 valence electrons. The van der Waals surface area contributed by atoms with Crippen molar-refractivity contribution in [1.82, 2.24) is 39.7 Å². The third-order valence-electron chi connectivity index (χ3n) is 5.59. The standard InChI is InChI=1S/C24H22F3N9O/c1-13-4-8-20(32-31-13)29-16-5-7-19-18(10-16)28-12-35(19)21-9-6-17(15(3)37)23(30-21)22-14(2)33-36(34-22)11-24(25,26)27/h4-10,12,15,37H,11H2,1-3H3,(H,29,32). The van der Waals surface area contributed by atoms with Crippen molar-refractivity contribution in [3.8, 4) is 17.2 Å². The van der Waals surface area contributed by atoms with E-state index in [1.54, 1.807) is 36.9 Å². The molecule has 1 unspecified atom stereocenters. The van der Waals surface area contributed by atoms with Crippen molar-refractivity contribution in [2.75, 3.05) is 5.32 Å². The molecule has 10 nitrogen and oxygen atoms in total. The Bertz CT molecular complexity index is 1570. The lowest BCUT2D eigenvalue weighted by Crippen LogP contribution is -2.19. The number of aryl methyl sites for hydroxylation is 2. The van der Waals surface area contributed by atoms with Gasteiger partial charge in [0, 0.05) is 11.3 Å². The number of nitrogens with zero attached hydrogens (tertiary/aromatic N) is 8. The fourth-order valence-corrected chi connectivity index (χ4v) is 3.89. The lowest BCUT2D eigenvalue weighted by Gasteiger charge is -2.13. The molecule has 0 bridgehead atoms. The Morgan fingerprint density at radius 2 is 1.81 bits per heavy atom. The number of aromatic nitrogens is 8. The first-order chi connectivity index (χ1) is 17.6. The highest BCUT2D eigenvalue weighted by molar-refractivity contribution is 5.82. The normalized spacial score (nSPS) is 12.7. The van der Waals surface area contributed by atoms with Crippen molar-refractivity contribution < 1.29 is 18.3 Å². The zero-order valence-electron chi connectivity index (χ0n) is 20.1. The molecular weight excluding hydrogens is 487 g/mol. The molecular formula is C24H22F3N9O. The van der Waals surface area contributed by atoms with Gasteiger partial charge in [-0.25, -0.2) is 9.97 Å². The van der Waals surface area contributed by atoms with Gasteiger partial charge in [-0.15, -0.1) is 5.10 Å². The van der Waals surface area contributed by atoms with Gasteiger partial charge in [0.25, 0.3) is 0 Å². The van der Waals surface area contributed by atoms with Crippen LogP contribution in [0.5, 0.6) is 0 Å². The van der Waals surface area contributed by atoms with E-state index >= 15 is 0 Å². The second-order valence-corrected chi connectivity index (χ2v) is 8.57. The highest BCUT2D eigenvalue weighted by Crippen LogP contribution is 2.30. The molecule has 5 aromatic rings. The molecule has 0 amide bonds. The van der Waals surface area contributed by atoms with Crippen LogP contribution in [0.15, 0.2) is 48.8 Å². The fraction of sp³-hybridized carbons (Fsp3) is 0.250. The van der Waals surface area contributed by atoms with Crippen LogP contribution in [0.1, 0.15) is 30.0 Å². The second-order valence-electron chi connectivity index (χ2n) is 8.57. The summed E-state index contributed by atoms with van der Waals surface area (Å²) in [5.41, 5.74) is 4.11. The first-order valence-electron chi connectivity index (χ1n) is 11.3. The summed E-state index contributed by atoms with van der Waals surface area (Å²) < 4.78 is 40.4. The molecule has 5 rings (SSSR count). The molecule has 0 saturated carbocycles. The summed E-state index contributed by atoms with van der Waals surface area (Å²) in [5.74, 6) is 1.05. The summed E-state index contributed by atoms with van der Waals surface area (Å²) in [6.45, 7) is 3.63. The number of anilines is 2. The van der Waals surface area contributed by atoms with Gasteiger partial charge in [-0.3, -0.25) is 4.57 Å². The van der Waals surface area contributed by atoms with Crippen LogP contribution < -0.4 is 5.32 Å². The Balaban J connectivity index is 1.52. The van der Waals surface area contributed by atoms with E-state index in [0.717, 1.165) is 16.9 Å². The van der Waals surface area contributed by atoms with Gasteiger partial charge >= 0.3 is 6.18 Å². The quantitative estimate of drug-likeness (QED) is 0.345. The maximum absolute atomic E-state index is 12.9. The third-order valence-corrected chi connectivity index (χ3v) is 5.59. The van der Waals surface area contributed by atoms with E-state index in [0.29, 0.717) is 27.5 Å². The number of hydrogen-bond acceptors (Lipinski definition) is 8. The van der Waals surface area contributed by atoms with Crippen molar-refractivity contribution >= 4 is 22.5 Å². The molecule has 0 aliphatic heterocycles. The van der Waals surface area contributed by atoms with E-state index in [4.69, 9.17) is 0 Å². The number of benzene rings is 1.